The maximum absolute atomic E-state index is 14.2. The van der Waals surface area contributed by atoms with Gasteiger partial charge in [0, 0.05) is 0 Å². The number of primary amides is 1. The van der Waals surface area contributed by atoms with Crippen LogP contribution in [0.25, 0.3) is 0 Å². The molecule has 0 bridgehead atoms. The number of rotatable bonds is 20. The van der Waals surface area contributed by atoms with Gasteiger partial charge in [0.15, 0.2) is 11.9 Å². The molecule has 0 fully saturated rings. The van der Waals surface area contributed by atoms with Crippen molar-refractivity contribution in [2.45, 2.75) is 114 Å². The lowest BCUT2D eigenvalue weighted by molar-refractivity contribution is -0.154. The SMILES string of the molecule is CC(C)(C)OC[C@@H](C(=O)N[C@@H](CO)[C@@H](O)[C@@H](O)[C@H](O)C(=O)C(c1ccccc1)[C@H](N)C(=O)OC(c1ccccc1)c1ccccc1)N(C(=O)OC(C)(C)C)C(=O)[C@@H](N)CC(N)=O. The van der Waals surface area contributed by atoms with Gasteiger partial charge in [0.2, 0.25) is 17.7 Å². The van der Waals surface area contributed by atoms with E-state index in [9.17, 15) is 49.2 Å². The highest BCUT2D eigenvalue weighted by molar-refractivity contribution is 6.01. The zero-order chi connectivity index (χ0) is 46.5. The average Bonchev–Trinajstić information content (AvgIpc) is 3.21. The van der Waals surface area contributed by atoms with Crippen molar-refractivity contribution in [1.82, 2.24) is 10.2 Å². The number of hydrogen-bond acceptors (Lipinski definition) is 15. The summed E-state index contributed by atoms with van der Waals surface area (Å²) in [6.45, 7) is 7.42. The van der Waals surface area contributed by atoms with Crippen molar-refractivity contribution in [2.24, 2.45) is 17.2 Å². The van der Waals surface area contributed by atoms with Crippen molar-refractivity contribution in [3.63, 3.8) is 0 Å². The van der Waals surface area contributed by atoms with Crippen LogP contribution in [0, 0.1) is 0 Å². The van der Waals surface area contributed by atoms with E-state index < -0.39 is 121 Å². The highest BCUT2D eigenvalue weighted by atomic mass is 16.6. The van der Waals surface area contributed by atoms with Crippen molar-refractivity contribution in [3.8, 4) is 0 Å². The van der Waals surface area contributed by atoms with Crippen LogP contribution in [0.2, 0.25) is 0 Å². The fourth-order valence-corrected chi connectivity index (χ4v) is 6.18. The molecule has 3 rings (SSSR count). The number of carbonyl (C=O) groups is 6. The monoisotopic (exact) mass is 865 g/mol. The Morgan fingerprint density at radius 1 is 0.726 bits per heavy atom. The molecular formula is C44H59N5O13. The first-order valence-corrected chi connectivity index (χ1v) is 19.8. The molecule has 0 saturated heterocycles. The summed E-state index contributed by atoms with van der Waals surface area (Å²) in [6, 6.07) is 17.8. The van der Waals surface area contributed by atoms with E-state index in [1.807, 2.05) is 0 Å². The fourth-order valence-electron chi connectivity index (χ4n) is 6.18. The van der Waals surface area contributed by atoms with Crippen LogP contribution in [0.4, 0.5) is 4.79 Å². The lowest BCUT2D eigenvalue weighted by atomic mass is 9.83. The fraction of sp³-hybridized carbons (Fsp3) is 0.455. The number of nitrogens with two attached hydrogens (primary N) is 3. The minimum absolute atomic E-state index is 0.147. The molecule has 0 aliphatic rings. The molecule has 62 heavy (non-hydrogen) atoms. The van der Waals surface area contributed by atoms with E-state index in [4.69, 9.17) is 31.4 Å². The summed E-state index contributed by atoms with van der Waals surface area (Å²) >= 11 is 0. The van der Waals surface area contributed by atoms with Gasteiger partial charge in [0.25, 0.3) is 0 Å². The first-order chi connectivity index (χ1) is 29.0. The van der Waals surface area contributed by atoms with Gasteiger partial charge in [-0.25, -0.2) is 9.69 Å². The first kappa shape index (κ1) is 50.8. The van der Waals surface area contributed by atoms with E-state index in [1.54, 1.807) is 99.6 Å². The topological polar surface area (TPSA) is 304 Å². The molecule has 0 aromatic heterocycles. The van der Waals surface area contributed by atoms with E-state index in [0.717, 1.165) is 0 Å². The Labute approximate surface area is 360 Å². The molecule has 0 aliphatic carbocycles. The summed E-state index contributed by atoms with van der Waals surface area (Å²) in [5.74, 6) is -7.46. The molecule has 338 valence electrons. The Bertz CT molecular complexity index is 1920. The molecule has 4 amide bonds. The number of benzene rings is 3. The molecule has 18 nitrogen and oxygen atoms in total. The van der Waals surface area contributed by atoms with Gasteiger partial charge >= 0.3 is 12.1 Å². The minimum Gasteiger partial charge on any atom is -0.451 e. The van der Waals surface area contributed by atoms with E-state index in [0.29, 0.717) is 16.0 Å². The minimum atomic E-state index is -2.49. The summed E-state index contributed by atoms with van der Waals surface area (Å²) in [5.41, 5.74) is 16.8. The van der Waals surface area contributed by atoms with E-state index in [1.165, 1.54) is 32.9 Å². The second-order valence-electron chi connectivity index (χ2n) is 16.6. The van der Waals surface area contributed by atoms with Gasteiger partial charge in [-0.1, -0.05) is 91.0 Å². The zero-order valence-electron chi connectivity index (χ0n) is 35.6. The number of imide groups is 1. The van der Waals surface area contributed by atoms with Gasteiger partial charge < -0.3 is 57.2 Å². The van der Waals surface area contributed by atoms with Crippen molar-refractivity contribution in [2.75, 3.05) is 13.2 Å². The van der Waals surface area contributed by atoms with Crippen LogP contribution in [0.5, 0.6) is 0 Å². The molecule has 1 unspecified atom stereocenters. The maximum atomic E-state index is 14.2. The number of ketones is 1. The molecule has 3 aromatic rings. The Kier molecular flexibility index (Phi) is 18.4. The van der Waals surface area contributed by atoms with Crippen molar-refractivity contribution < 1.29 is 63.4 Å². The number of aliphatic hydroxyl groups is 4. The molecule has 0 aliphatic heterocycles. The third-order valence-corrected chi connectivity index (χ3v) is 9.29. The lowest BCUT2D eigenvalue weighted by Gasteiger charge is -2.35. The number of esters is 1. The van der Waals surface area contributed by atoms with Gasteiger partial charge in [-0.2, -0.15) is 0 Å². The number of nitrogens with one attached hydrogen (secondary N) is 1. The molecule has 3 aromatic carbocycles. The predicted octanol–water partition coefficient (Wildman–Crippen LogP) is 0.709. The van der Waals surface area contributed by atoms with Gasteiger partial charge in [-0.15, -0.1) is 0 Å². The van der Waals surface area contributed by atoms with Crippen LogP contribution >= 0.6 is 0 Å². The Morgan fingerprint density at radius 2 is 1.21 bits per heavy atom. The third-order valence-electron chi connectivity index (χ3n) is 9.29. The summed E-state index contributed by atoms with van der Waals surface area (Å²) in [6.07, 6.45) is -10.3. The number of carbonyl (C=O) groups excluding carboxylic acids is 6. The maximum Gasteiger partial charge on any atom is 0.417 e. The summed E-state index contributed by atoms with van der Waals surface area (Å²) < 4.78 is 17.0. The van der Waals surface area contributed by atoms with Gasteiger partial charge in [0.1, 0.15) is 36.0 Å². The first-order valence-electron chi connectivity index (χ1n) is 19.8. The van der Waals surface area contributed by atoms with E-state index in [2.05, 4.69) is 5.32 Å². The number of aliphatic hydroxyl groups excluding tert-OH is 4. The third kappa shape index (κ3) is 14.5. The number of amides is 4. The second kappa shape index (κ2) is 22.5. The smallest absolute Gasteiger partial charge is 0.417 e. The van der Waals surface area contributed by atoms with Crippen molar-refractivity contribution in [3.05, 3.63) is 108 Å². The normalized spacial score (nSPS) is 15.8. The van der Waals surface area contributed by atoms with Crippen LogP contribution in [0.15, 0.2) is 91.0 Å². The lowest BCUT2D eigenvalue weighted by Crippen LogP contribution is -2.63. The molecule has 11 N–H and O–H groups in total. The van der Waals surface area contributed by atoms with E-state index >= 15 is 0 Å². The second-order valence-corrected chi connectivity index (χ2v) is 16.6. The molecule has 0 heterocycles. The number of Topliss-reactive ketones (excluding diaryl/α,β-unsaturated/α-hetero) is 1. The average molecular weight is 866 g/mol. The molecule has 8 atom stereocenters. The molecule has 0 radical (unpaired) electrons. The highest BCUT2D eigenvalue weighted by Crippen LogP contribution is 2.30. The van der Waals surface area contributed by atoms with Gasteiger partial charge in [0.05, 0.1) is 43.2 Å². The Hall–Kier alpha value is -5.60. The van der Waals surface area contributed by atoms with Crippen LogP contribution in [-0.2, 0) is 38.2 Å². The van der Waals surface area contributed by atoms with Gasteiger partial charge in [-0.3, -0.25) is 24.0 Å². The largest absolute Gasteiger partial charge is 0.451 e. The summed E-state index contributed by atoms with van der Waals surface area (Å²) in [4.78, 5) is 81.2. The van der Waals surface area contributed by atoms with Crippen molar-refractivity contribution in [1.29, 1.82) is 0 Å². The zero-order valence-corrected chi connectivity index (χ0v) is 35.6. The molecular weight excluding hydrogens is 807 g/mol. The number of ether oxygens (including phenoxy) is 3. The Balaban J connectivity index is 1.95. The van der Waals surface area contributed by atoms with Crippen LogP contribution in [-0.4, -0.2) is 128 Å². The summed E-state index contributed by atoms with van der Waals surface area (Å²) in [5, 5.41) is 46.5. The summed E-state index contributed by atoms with van der Waals surface area (Å²) in [7, 11) is 0. The molecule has 0 saturated carbocycles. The quantitative estimate of drug-likeness (QED) is 0.0726. The predicted molar refractivity (Wildman–Crippen MR) is 224 cm³/mol. The van der Waals surface area contributed by atoms with Gasteiger partial charge in [-0.05, 0) is 58.2 Å². The molecule has 18 heteroatoms. The van der Waals surface area contributed by atoms with Crippen LogP contribution in [0.1, 0.15) is 76.7 Å². The number of nitrogens with zero attached hydrogens (tertiary/aromatic N) is 1. The van der Waals surface area contributed by atoms with Crippen LogP contribution < -0.4 is 22.5 Å². The van der Waals surface area contributed by atoms with Crippen LogP contribution in [0.3, 0.4) is 0 Å². The van der Waals surface area contributed by atoms with Crippen molar-refractivity contribution >= 4 is 35.6 Å². The van der Waals surface area contributed by atoms with E-state index in [-0.39, 0.29) is 5.56 Å². The standard InChI is InChI=1S/C44H59N5O13/c1-43(2,3)60-24-30(49(42(59)62-44(4,5)6)40(57)28(45)22-31(46)51)39(56)48-29(23-50)34(52)36(54)37(55)35(53)32(25-16-10-7-11-17-25)33(47)41(58)61-38(26-18-12-8-13-19-26)27-20-14-9-15-21-27/h7-21,28-30,32-34,36-38,50,52,54-55H,22-24,45,47H2,1-6H3,(H2,46,51)(H,48,56)/t28-,29-,30-,32?,33-,34+,36+,37+/m0/s1. The molecule has 0 spiro atoms. The number of hydrogen-bond donors (Lipinski definition) is 8. The highest BCUT2D eigenvalue weighted by Gasteiger charge is 2.45. The Morgan fingerprint density at radius 3 is 1.65 bits per heavy atom.